The van der Waals surface area contributed by atoms with Crippen LogP contribution in [0.2, 0.25) is 0 Å². The number of methoxy groups -OCH3 is 1. The summed E-state index contributed by atoms with van der Waals surface area (Å²) in [4.78, 5) is 62.3. The van der Waals surface area contributed by atoms with Crippen LogP contribution in [-0.2, 0) is 29.1 Å². The molecule has 4 aliphatic rings. The Morgan fingerprint density at radius 2 is 1.83 bits per heavy atom. The van der Waals surface area contributed by atoms with E-state index < -0.39 is 80.2 Å². The second-order valence-electron chi connectivity index (χ2n) is 16.9. The molecule has 314 valence electrons. The van der Waals surface area contributed by atoms with E-state index in [1.807, 2.05) is 12.2 Å². The molecular weight excluding hydrogens is 786 g/mol. The zero-order valence-electron chi connectivity index (χ0n) is 33.3. The number of rotatable bonds is 7. The average Bonchev–Trinajstić information content (AvgIpc) is 4.07. The Bertz CT molecular complexity index is 2500. The van der Waals surface area contributed by atoms with E-state index in [0.717, 1.165) is 12.8 Å². The van der Waals surface area contributed by atoms with Crippen LogP contribution in [0.15, 0.2) is 53.0 Å². The highest BCUT2D eigenvalue weighted by Crippen LogP contribution is 2.46. The van der Waals surface area contributed by atoms with Crippen LogP contribution < -0.4 is 24.8 Å². The highest BCUT2D eigenvalue weighted by molar-refractivity contribution is 7.91. The van der Waals surface area contributed by atoms with Crippen LogP contribution in [0.25, 0.3) is 33.0 Å². The van der Waals surface area contributed by atoms with Crippen molar-refractivity contribution in [2.24, 2.45) is 5.92 Å². The molecule has 0 spiro atoms. The van der Waals surface area contributed by atoms with Gasteiger partial charge < -0.3 is 34.2 Å². The van der Waals surface area contributed by atoms with Crippen LogP contribution in [-0.4, -0.2) is 90.3 Å². The molecule has 0 unspecified atom stereocenters. The average molecular weight is 834 g/mol. The second kappa shape index (κ2) is 15.3. The van der Waals surface area contributed by atoms with Gasteiger partial charge in [0, 0.05) is 35.2 Å². The summed E-state index contributed by atoms with van der Waals surface area (Å²) in [5, 5.41) is 5.99. The molecule has 3 N–H and O–H groups in total. The van der Waals surface area contributed by atoms with Gasteiger partial charge in [-0.2, -0.15) is 0 Å². The van der Waals surface area contributed by atoms with Crippen LogP contribution in [0.5, 0.6) is 11.5 Å². The fraction of sp³-hybridized carbons (Fsp3) is 0.500. The van der Waals surface area contributed by atoms with E-state index in [9.17, 15) is 32.0 Å². The van der Waals surface area contributed by atoms with Crippen LogP contribution in [0.1, 0.15) is 78.6 Å². The number of nitrogens with one attached hydrogen (secondary N) is 3. The number of amides is 4. The number of carbonyl (C=O) groups is 4. The minimum absolute atomic E-state index is 0.0597. The Morgan fingerprint density at radius 1 is 1.05 bits per heavy atom. The summed E-state index contributed by atoms with van der Waals surface area (Å²) in [6, 6.07) is 7.00. The number of benzene rings is 2. The summed E-state index contributed by atoms with van der Waals surface area (Å²) >= 11 is 0. The SMILES string of the molecule is COc1ccc2c(c1)oc1c(O[C@@H]3C[C@H]4C(=O)N[C@]5(C(=O)NS(=O)(=O)C6CC6)C[C@H]5/C=C\CCCCC[C@H](NC(=O)OC(C)(C)C)C(=O)N4C3)c3ccc(F)cc3nc12. The lowest BCUT2D eigenvalue weighted by Gasteiger charge is -2.30. The number of nitrogens with zero attached hydrogens (tertiary/aromatic N) is 2. The van der Waals surface area contributed by atoms with E-state index in [4.69, 9.17) is 23.6 Å². The van der Waals surface area contributed by atoms with Crippen LogP contribution >= 0.6 is 0 Å². The maximum absolute atomic E-state index is 14.7. The molecule has 2 aliphatic carbocycles. The minimum atomic E-state index is -3.94. The first-order valence-corrected chi connectivity index (χ1v) is 21.6. The number of halogens is 1. The Balaban J connectivity index is 1.17. The number of hydrogen-bond acceptors (Lipinski definition) is 11. The van der Waals surface area contributed by atoms with Gasteiger partial charge in [0.2, 0.25) is 21.8 Å². The van der Waals surface area contributed by atoms with Gasteiger partial charge >= 0.3 is 6.09 Å². The summed E-state index contributed by atoms with van der Waals surface area (Å²) in [5.41, 5.74) is -1.02. The third-order valence-electron chi connectivity index (χ3n) is 11.3. The number of pyridine rings is 1. The zero-order chi connectivity index (χ0) is 41.9. The minimum Gasteiger partial charge on any atom is -0.497 e. The molecule has 1 saturated heterocycles. The van der Waals surface area contributed by atoms with Gasteiger partial charge in [0.25, 0.3) is 5.91 Å². The molecule has 2 aromatic heterocycles. The largest absolute Gasteiger partial charge is 0.497 e. The third kappa shape index (κ3) is 8.25. The second-order valence-corrected chi connectivity index (χ2v) is 18.9. The lowest BCUT2D eigenvalue weighted by molar-refractivity contribution is -0.141. The van der Waals surface area contributed by atoms with Crippen molar-refractivity contribution in [2.45, 2.75) is 113 Å². The van der Waals surface area contributed by atoms with Crippen molar-refractivity contribution in [3.63, 3.8) is 0 Å². The van der Waals surface area contributed by atoms with Gasteiger partial charge in [0.1, 0.15) is 52.0 Å². The number of furan rings is 1. The molecule has 3 fully saturated rings. The molecule has 0 bridgehead atoms. The fourth-order valence-corrected chi connectivity index (χ4v) is 9.43. The quantitative estimate of drug-likeness (QED) is 0.198. The van der Waals surface area contributed by atoms with Gasteiger partial charge in [-0.3, -0.25) is 19.1 Å². The first kappa shape index (κ1) is 40.3. The molecule has 59 heavy (non-hydrogen) atoms. The molecule has 2 aromatic carbocycles. The number of alkyl carbamates (subject to hydrolysis) is 1. The molecular formula is C42H48FN5O10S. The smallest absolute Gasteiger partial charge is 0.408 e. The number of allylic oxidation sites excluding steroid dienone is 1. The third-order valence-corrected chi connectivity index (χ3v) is 13.2. The first-order valence-electron chi connectivity index (χ1n) is 20.1. The highest BCUT2D eigenvalue weighted by atomic mass is 32.2. The Kier molecular flexibility index (Phi) is 10.5. The van der Waals surface area contributed by atoms with Gasteiger partial charge in [-0.15, -0.1) is 0 Å². The Hall–Kier alpha value is -5.45. The molecule has 8 rings (SSSR count). The normalized spacial score (nSPS) is 25.9. The summed E-state index contributed by atoms with van der Waals surface area (Å²) in [6.07, 6.45) is 6.09. The predicted octanol–water partition coefficient (Wildman–Crippen LogP) is 5.53. The van der Waals surface area contributed by atoms with Crippen molar-refractivity contribution >= 4 is 66.8 Å². The van der Waals surface area contributed by atoms with Crippen molar-refractivity contribution in [1.82, 2.24) is 25.2 Å². The number of ether oxygens (including phenoxy) is 3. The molecule has 5 atom stereocenters. The maximum atomic E-state index is 14.7. The summed E-state index contributed by atoms with van der Waals surface area (Å²) in [7, 11) is -2.41. The summed E-state index contributed by atoms with van der Waals surface area (Å²) < 4.78 is 66.6. The lowest BCUT2D eigenvalue weighted by Crippen LogP contribution is -2.58. The molecule has 4 heterocycles. The fourth-order valence-electron chi connectivity index (χ4n) is 8.07. The van der Waals surface area contributed by atoms with E-state index in [1.54, 1.807) is 39.0 Å². The van der Waals surface area contributed by atoms with E-state index in [-0.39, 0.29) is 42.7 Å². The molecule has 15 nitrogen and oxygen atoms in total. The van der Waals surface area contributed by atoms with Crippen LogP contribution in [0.4, 0.5) is 9.18 Å². The standard InChI is InChI=1S/C42H48FN5O10S/c1-41(2,3)58-40(52)45-30-11-9-7-5-6-8-10-23-21-42(23,39(51)47-59(53,54)27-14-15-27)46-37(49)32-19-26(22-48(32)38(30)50)56-35-28-16-12-24(43)18-31(28)44-34-29-17-13-25(55-4)20-33(29)57-36(34)35/h8,10,12-13,16-18,20,23,26-27,30,32H,5-7,9,11,14-15,19,21-22H2,1-4H3,(H,45,52)(H,46,49)(H,47,51)/b10-8-/t23-,26-,30+,32+,42-/m1/s1. The molecule has 4 amide bonds. The number of aromatic nitrogens is 1. The Morgan fingerprint density at radius 3 is 2.58 bits per heavy atom. The van der Waals surface area contributed by atoms with Crippen molar-refractivity contribution in [3.05, 3.63) is 54.4 Å². The van der Waals surface area contributed by atoms with Gasteiger partial charge in [-0.1, -0.05) is 25.0 Å². The molecule has 2 saturated carbocycles. The summed E-state index contributed by atoms with van der Waals surface area (Å²) in [6.45, 7) is 5.01. The van der Waals surface area contributed by atoms with Gasteiger partial charge in [0.05, 0.1) is 24.4 Å². The number of carbonyl (C=O) groups excluding carboxylic acids is 4. The monoisotopic (exact) mass is 833 g/mol. The van der Waals surface area contributed by atoms with Crippen molar-refractivity contribution in [1.29, 1.82) is 0 Å². The molecule has 4 aromatic rings. The number of hydrogen-bond donors (Lipinski definition) is 3. The first-order chi connectivity index (χ1) is 28.0. The zero-order valence-corrected chi connectivity index (χ0v) is 34.2. The maximum Gasteiger partial charge on any atom is 0.408 e. The lowest BCUT2D eigenvalue weighted by atomic mass is 10.0. The summed E-state index contributed by atoms with van der Waals surface area (Å²) in [5.74, 6) is -2.30. The van der Waals surface area contributed by atoms with Gasteiger partial charge in [0.15, 0.2) is 11.3 Å². The molecule has 0 radical (unpaired) electrons. The van der Waals surface area contributed by atoms with E-state index in [1.165, 1.54) is 30.2 Å². The van der Waals surface area contributed by atoms with Crippen molar-refractivity contribution in [2.75, 3.05) is 13.7 Å². The van der Waals surface area contributed by atoms with Gasteiger partial charge in [-0.25, -0.2) is 22.6 Å². The van der Waals surface area contributed by atoms with Gasteiger partial charge in [-0.05, 0) is 83.6 Å². The van der Waals surface area contributed by atoms with E-state index >= 15 is 0 Å². The molecule has 2 aliphatic heterocycles. The van der Waals surface area contributed by atoms with Crippen LogP contribution in [0, 0.1) is 11.7 Å². The predicted molar refractivity (Wildman–Crippen MR) is 215 cm³/mol. The number of sulfonamides is 1. The Labute approximate surface area is 340 Å². The van der Waals surface area contributed by atoms with Crippen molar-refractivity contribution < 1.29 is 50.6 Å². The van der Waals surface area contributed by atoms with E-state index in [2.05, 4.69) is 15.4 Å². The van der Waals surface area contributed by atoms with Crippen LogP contribution in [0.3, 0.4) is 0 Å². The molecule has 17 heteroatoms. The highest BCUT2D eigenvalue weighted by Gasteiger charge is 2.62. The van der Waals surface area contributed by atoms with Crippen molar-refractivity contribution in [3.8, 4) is 11.5 Å². The topological polar surface area (TPSA) is 195 Å². The van der Waals surface area contributed by atoms with E-state index in [0.29, 0.717) is 53.3 Å². The number of fused-ring (bicyclic) bond motifs is 6.